The molecule has 0 aliphatic carbocycles. The topological polar surface area (TPSA) is 102 Å². The van der Waals surface area contributed by atoms with Crippen molar-refractivity contribution in [2.45, 2.75) is 57.9 Å². The van der Waals surface area contributed by atoms with Crippen LogP contribution in [0.2, 0.25) is 0 Å². The van der Waals surface area contributed by atoms with E-state index in [1.165, 1.54) is 12.1 Å². The van der Waals surface area contributed by atoms with Crippen LogP contribution in [-0.4, -0.2) is 52.2 Å². The van der Waals surface area contributed by atoms with Gasteiger partial charge in [0.1, 0.15) is 17.4 Å². The van der Waals surface area contributed by atoms with Crippen LogP contribution in [0.25, 0.3) is 11.3 Å². The maximum absolute atomic E-state index is 14.5. The first-order valence-corrected chi connectivity index (χ1v) is 11.6. The van der Waals surface area contributed by atoms with Gasteiger partial charge in [0.15, 0.2) is 5.78 Å². The summed E-state index contributed by atoms with van der Waals surface area (Å²) >= 11 is 0. The van der Waals surface area contributed by atoms with Crippen LogP contribution in [0.3, 0.4) is 0 Å². The zero-order valence-electron chi connectivity index (χ0n) is 20.4. The van der Waals surface area contributed by atoms with Crippen LogP contribution in [0.4, 0.5) is 18.0 Å². The number of halogens is 3. The van der Waals surface area contributed by atoms with E-state index in [0.717, 1.165) is 12.6 Å². The molecule has 0 bridgehead atoms. The van der Waals surface area contributed by atoms with Crippen LogP contribution in [-0.2, 0) is 16.0 Å². The van der Waals surface area contributed by atoms with Crippen molar-refractivity contribution in [3.63, 3.8) is 0 Å². The summed E-state index contributed by atoms with van der Waals surface area (Å²) in [5.74, 6) is -5.21. The lowest BCUT2D eigenvalue weighted by Gasteiger charge is -2.38. The average Bonchev–Trinajstić information content (AvgIpc) is 3.10. The van der Waals surface area contributed by atoms with E-state index in [1.54, 1.807) is 24.3 Å². The van der Waals surface area contributed by atoms with Gasteiger partial charge in [-0.3, -0.25) is 14.6 Å². The number of hydrogen-bond acceptors (Lipinski definition) is 5. The molecule has 2 heterocycles. The monoisotopic (exact) mass is 504 g/mol. The predicted octanol–water partition coefficient (Wildman–Crippen LogP) is 3.36. The highest BCUT2D eigenvalue weighted by Gasteiger charge is 2.59. The van der Waals surface area contributed by atoms with E-state index >= 15 is 0 Å². The second-order valence-electron chi connectivity index (χ2n) is 10.1. The minimum Gasteiger partial charge on any atom is -0.530 e. The van der Waals surface area contributed by atoms with Crippen LogP contribution in [0.15, 0.2) is 42.6 Å². The third-order valence-electron chi connectivity index (χ3n) is 6.65. The molecule has 0 radical (unpaired) electrons. The molecule has 1 N–H and O–H groups in total. The molecule has 1 unspecified atom stereocenters. The smallest absolute Gasteiger partial charge is 0.268 e. The zero-order chi connectivity index (χ0) is 26.7. The summed E-state index contributed by atoms with van der Waals surface area (Å²) in [6.07, 6.45) is -1.33. The van der Waals surface area contributed by atoms with Gasteiger partial charge >= 0.3 is 0 Å². The van der Waals surface area contributed by atoms with Gasteiger partial charge in [0, 0.05) is 24.8 Å². The molecule has 0 spiro atoms. The number of pyridine rings is 1. The molecule has 1 atom stereocenters. The van der Waals surface area contributed by atoms with Gasteiger partial charge < -0.3 is 20.1 Å². The molecule has 0 saturated carbocycles. The maximum Gasteiger partial charge on any atom is 0.268 e. The summed E-state index contributed by atoms with van der Waals surface area (Å²) in [6.45, 7) is 4.14. The minimum absolute atomic E-state index is 0.177. The fraction of sp³-hybridized carbons (Fsp3) is 0.462. The number of amides is 2. The number of carbonyl (C=O) groups excluding carboxylic acids is 3. The van der Waals surface area contributed by atoms with Crippen molar-refractivity contribution in [2.24, 2.45) is 5.41 Å². The molecule has 1 aromatic heterocycles. The largest absolute Gasteiger partial charge is 0.530 e. The molecular formula is C26H29F3N3O4-. The quantitative estimate of drug-likeness (QED) is 0.564. The van der Waals surface area contributed by atoms with Gasteiger partial charge in [0.05, 0.1) is 25.0 Å². The molecule has 7 nitrogen and oxygen atoms in total. The number of ketones is 1. The predicted molar refractivity (Wildman–Crippen MR) is 124 cm³/mol. The minimum atomic E-state index is -3.45. The summed E-state index contributed by atoms with van der Waals surface area (Å²) in [5.41, 5.74) is -0.933. The summed E-state index contributed by atoms with van der Waals surface area (Å²) in [5, 5.41) is 14.2. The Morgan fingerprint density at radius 1 is 1.14 bits per heavy atom. The first-order valence-electron chi connectivity index (χ1n) is 11.6. The summed E-state index contributed by atoms with van der Waals surface area (Å²) in [7, 11) is 0. The van der Waals surface area contributed by atoms with E-state index in [4.69, 9.17) is 0 Å². The van der Waals surface area contributed by atoms with Gasteiger partial charge in [-0.25, -0.2) is 13.2 Å². The van der Waals surface area contributed by atoms with Crippen molar-refractivity contribution in [3.8, 4) is 11.3 Å². The number of carboxylic acid groups (broad SMARTS) is 1. The molecule has 194 valence electrons. The Hall–Kier alpha value is -3.43. The molecule has 2 amide bonds. The molecule has 36 heavy (non-hydrogen) atoms. The first-order chi connectivity index (χ1) is 16.8. The molecule has 10 heteroatoms. The zero-order valence-corrected chi connectivity index (χ0v) is 20.4. The molecule has 1 aliphatic rings. The lowest BCUT2D eigenvalue weighted by molar-refractivity contribution is -0.270. The van der Waals surface area contributed by atoms with E-state index in [-0.39, 0.29) is 24.0 Å². The van der Waals surface area contributed by atoms with Crippen LogP contribution < -0.4 is 10.4 Å². The van der Waals surface area contributed by atoms with Crippen LogP contribution in [0, 0.1) is 11.2 Å². The Morgan fingerprint density at radius 2 is 1.81 bits per heavy atom. The number of aromatic nitrogens is 1. The van der Waals surface area contributed by atoms with Crippen molar-refractivity contribution in [3.05, 3.63) is 54.0 Å². The fourth-order valence-electron chi connectivity index (χ4n) is 4.38. The van der Waals surface area contributed by atoms with Crippen LogP contribution in [0.1, 0.15) is 45.6 Å². The molecule has 1 aliphatic heterocycles. The van der Waals surface area contributed by atoms with Crippen molar-refractivity contribution in [1.29, 1.82) is 0 Å². The SMILES string of the molecule is CCC(C)(C)CC(=O)CNC(=O)C1(Cc2ccc(-c3ccc(F)cn3)cc2)CC(F)(F)CN1C(=O)[O-]. The molecule has 3 rings (SSSR count). The lowest BCUT2D eigenvalue weighted by Crippen LogP contribution is -2.61. The van der Waals surface area contributed by atoms with E-state index < -0.39 is 48.8 Å². The van der Waals surface area contributed by atoms with Gasteiger partial charge in [-0.05, 0) is 23.1 Å². The van der Waals surface area contributed by atoms with Gasteiger partial charge in [0.25, 0.3) is 5.92 Å². The average molecular weight is 505 g/mol. The summed E-state index contributed by atoms with van der Waals surface area (Å²) < 4.78 is 42.1. The van der Waals surface area contributed by atoms with Crippen molar-refractivity contribution in [1.82, 2.24) is 15.2 Å². The molecule has 1 aromatic carbocycles. The van der Waals surface area contributed by atoms with E-state index in [2.05, 4.69) is 10.3 Å². The Bertz CT molecular complexity index is 1120. The summed E-state index contributed by atoms with van der Waals surface area (Å²) in [6, 6.07) is 9.09. The van der Waals surface area contributed by atoms with Gasteiger partial charge in [-0.1, -0.05) is 51.5 Å². The molecule has 1 fully saturated rings. The number of rotatable bonds is 9. The highest BCUT2D eigenvalue weighted by Crippen LogP contribution is 2.42. The number of carbonyl (C=O) groups is 3. The fourth-order valence-corrected chi connectivity index (χ4v) is 4.38. The van der Waals surface area contributed by atoms with E-state index in [0.29, 0.717) is 21.7 Å². The molecular weight excluding hydrogens is 475 g/mol. The Balaban J connectivity index is 1.86. The number of benzene rings is 1. The Kier molecular flexibility index (Phi) is 7.76. The second kappa shape index (κ2) is 10.3. The number of nitrogens with one attached hydrogen (secondary N) is 1. The summed E-state index contributed by atoms with van der Waals surface area (Å²) in [4.78, 5) is 41.8. The lowest BCUT2D eigenvalue weighted by atomic mass is 9.84. The standard InChI is InChI=1S/C26H30F3N3O4/c1-4-24(2,3)12-20(33)14-31-22(34)25(15-26(28,29)16-32(25)23(35)36)11-17-5-7-18(8-6-17)21-10-9-19(27)13-30-21/h5-10,13H,4,11-12,14-16H2,1-3H3,(H,31,34)(H,35,36)/p-1. The molecule has 2 aromatic rings. The second-order valence-corrected chi connectivity index (χ2v) is 10.1. The number of hydrogen-bond donors (Lipinski definition) is 1. The highest BCUT2D eigenvalue weighted by molar-refractivity contribution is 5.94. The van der Waals surface area contributed by atoms with E-state index in [9.17, 15) is 32.7 Å². The third kappa shape index (κ3) is 6.22. The van der Waals surface area contributed by atoms with Crippen LogP contribution in [0.5, 0.6) is 0 Å². The van der Waals surface area contributed by atoms with Crippen molar-refractivity contribution >= 4 is 17.8 Å². The van der Waals surface area contributed by atoms with Crippen molar-refractivity contribution < 1.29 is 32.7 Å². The van der Waals surface area contributed by atoms with Crippen LogP contribution >= 0.6 is 0 Å². The van der Waals surface area contributed by atoms with Gasteiger partial charge in [-0.2, -0.15) is 0 Å². The Morgan fingerprint density at radius 3 is 2.36 bits per heavy atom. The highest BCUT2D eigenvalue weighted by atomic mass is 19.3. The first kappa shape index (κ1) is 27.2. The Labute approximate surface area is 207 Å². The normalized spacial score (nSPS) is 19.2. The van der Waals surface area contributed by atoms with E-state index in [1.807, 2.05) is 20.8 Å². The number of alkyl halides is 2. The third-order valence-corrected chi connectivity index (χ3v) is 6.65. The van der Waals surface area contributed by atoms with Crippen molar-refractivity contribution in [2.75, 3.05) is 13.1 Å². The number of Topliss-reactive ketones (excluding diaryl/α,β-unsaturated/α-hetero) is 1. The number of nitrogens with zero attached hydrogens (tertiary/aromatic N) is 2. The van der Waals surface area contributed by atoms with Gasteiger partial charge in [-0.15, -0.1) is 0 Å². The number of likely N-dealkylation sites (tertiary alicyclic amines) is 1. The maximum atomic E-state index is 14.5. The van der Waals surface area contributed by atoms with Gasteiger partial charge in [0.2, 0.25) is 5.91 Å². The molecule has 1 saturated heterocycles.